The third kappa shape index (κ3) is 2.97. The second kappa shape index (κ2) is 5.19. The molecule has 0 amide bonds. The first-order chi connectivity index (χ1) is 8.16. The number of ether oxygens (including phenoxy) is 1. The molecule has 1 aliphatic heterocycles. The molecule has 0 spiro atoms. The maximum atomic E-state index is 9.81. The Labute approximate surface area is 102 Å². The minimum atomic E-state index is 0.283. The van der Waals surface area contributed by atoms with Gasteiger partial charge in [0.1, 0.15) is 5.75 Å². The molecule has 0 aromatic heterocycles. The van der Waals surface area contributed by atoms with Crippen molar-refractivity contribution in [2.45, 2.75) is 13.8 Å². The SMILES string of the molecule is C/C(=N/N1CCOCC1)c1cc(C)ccc1O. The van der Waals surface area contributed by atoms with Gasteiger partial charge in [0.05, 0.1) is 32.0 Å². The molecule has 0 unspecified atom stereocenters. The highest BCUT2D eigenvalue weighted by Crippen LogP contribution is 2.19. The molecule has 1 aromatic rings. The van der Waals surface area contributed by atoms with Gasteiger partial charge < -0.3 is 9.84 Å². The van der Waals surface area contributed by atoms with Crippen molar-refractivity contribution >= 4 is 5.71 Å². The summed E-state index contributed by atoms with van der Waals surface area (Å²) in [7, 11) is 0. The lowest BCUT2D eigenvalue weighted by Gasteiger charge is -2.24. The van der Waals surface area contributed by atoms with Gasteiger partial charge in [-0.05, 0) is 26.0 Å². The fourth-order valence-corrected chi connectivity index (χ4v) is 1.86. The second-order valence-electron chi connectivity index (χ2n) is 4.27. The van der Waals surface area contributed by atoms with Crippen LogP contribution in [0, 0.1) is 6.92 Å². The molecule has 0 atom stereocenters. The number of phenols is 1. The van der Waals surface area contributed by atoms with E-state index >= 15 is 0 Å². The van der Waals surface area contributed by atoms with E-state index in [0.29, 0.717) is 0 Å². The van der Waals surface area contributed by atoms with Crippen molar-refractivity contribution < 1.29 is 9.84 Å². The number of rotatable bonds is 2. The lowest BCUT2D eigenvalue weighted by molar-refractivity contribution is 0.0393. The molecule has 4 heteroatoms. The van der Waals surface area contributed by atoms with Crippen LogP contribution in [0.1, 0.15) is 18.1 Å². The minimum Gasteiger partial charge on any atom is -0.507 e. The average Bonchev–Trinajstić information content (AvgIpc) is 2.33. The lowest BCUT2D eigenvalue weighted by Crippen LogP contribution is -2.33. The van der Waals surface area contributed by atoms with E-state index in [9.17, 15) is 5.11 Å². The molecule has 0 saturated carbocycles. The van der Waals surface area contributed by atoms with Crippen molar-refractivity contribution in [3.05, 3.63) is 29.3 Å². The van der Waals surface area contributed by atoms with Gasteiger partial charge in [0.2, 0.25) is 0 Å². The summed E-state index contributed by atoms with van der Waals surface area (Å²) in [6.07, 6.45) is 0. The predicted molar refractivity (Wildman–Crippen MR) is 67.4 cm³/mol. The molecule has 1 heterocycles. The number of phenolic OH excluding ortho intramolecular Hbond substituents is 1. The maximum absolute atomic E-state index is 9.81. The molecule has 92 valence electrons. The second-order valence-corrected chi connectivity index (χ2v) is 4.27. The summed E-state index contributed by atoms with van der Waals surface area (Å²) in [6.45, 7) is 6.98. The maximum Gasteiger partial charge on any atom is 0.124 e. The number of aryl methyl sites for hydroxylation is 1. The highest BCUT2D eigenvalue weighted by atomic mass is 16.5. The standard InChI is InChI=1S/C13H18N2O2/c1-10-3-4-13(16)12(9-10)11(2)14-15-5-7-17-8-6-15/h3-4,9,16H,5-8H2,1-2H3/b14-11-. The third-order valence-electron chi connectivity index (χ3n) is 2.82. The fraction of sp³-hybridized carbons (Fsp3) is 0.462. The molecule has 1 aromatic carbocycles. The molecule has 4 nitrogen and oxygen atoms in total. The van der Waals surface area contributed by atoms with Gasteiger partial charge in [0.15, 0.2) is 0 Å². The summed E-state index contributed by atoms with van der Waals surface area (Å²) in [5.41, 5.74) is 2.76. The van der Waals surface area contributed by atoms with Crippen LogP contribution in [0.2, 0.25) is 0 Å². The summed E-state index contributed by atoms with van der Waals surface area (Å²) in [5, 5.41) is 16.3. The van der Waals surface area contributed by atoms with Crippen LogP contribution >= 0.6 is 0 Å². The number of benzene rings is 1. The van der Waals surface area contributed by atoms with E-state index in [1.807, 2.05) is 31.0 Å². The number of hydrogen-bond donors (Lipinski definition) is 1. The Morgan fingerprint density at radius 2 is 2.06 bits per heavy atom. The molecule has 1 fully saturated rings. The first kappa shape index (κ1) is 11.9. The van der Waals surface area contributed by atoms with Crippen LogP contribution in [0.15, 0.2) is 23.3 Å². The summed E-state index contributed by atoms with van der Waals surface area (Å²) < 4.78 is 5.27. The van der Waals surface area contributed by atoms with Crippen LogP contribution in [0.5, 0.6) is 5.75 Å². The first-order valence-electron chi connectivity index (χ1n) is 5.85. The van der Waals surface area contributed by atoms with E-state index in [-0.39, 0.29) is 5.75 Å². The van der Waals surface area contributed by atoms with Crippen LogP contribution < -0.4 is 0 Å². The number of aromatic hydroxyl groups is 1. The predicted octanol–water partition coefficient (Wildman–Crippen LogP) is 1.76. The molecular weight excluding hydrogens is 216 g/mol. The molecule has 17 heavy (non-hydrogen) atoms. The number of hydrogen-bond acceptors (Lipinski definition) is 4. The summed E-state index contributed by atoms with van der Waals surface area (Å²) in [6, 6.07) is 5.55. The monoisotopic (exact) mass is 234 g/mol. The Bertz CT molecular complexity index is 423. The quantitative estimate of drug-likeness (QED) is 0.793. The minimum absolute atomic E-state index is 0.283. The highest BCUT2D eigenvalue weighted by molar-refractivity contribution is 6.01. The zero-order valence-corrected chi connectivity index (χ0v) is 10.3. The molecule has 1 N–H and O–H groups in total. The van der Waals surface area contributed by atoms with Crippen molar-refractivity contribution in [1.29, 1.82) is 0 Å². The Morgan fingerprint density at radius 1 is 1.35 bits per heavy atom. The van der Waals surface area contributed by atoms with Crippen molar-refractivity contribution in [3.63, 3.8) is 0 Å². The van der Waals surface area contributed by atoms with Crippen LogP contribution in [0.3, 0.4) is 0 Å². The van der Waals surface area contributed by atoms with Gasteiger partial charge in [0.25, 0.3) is 0 Å². The largest absolute Gasteiger partial charge is 0.507 e. The van der Waals surface area contributed by atoms with Gasteiger partial charge in [0, 0.05) is 5.56 Å². The van der Waals surface area contributed by atoms with E-state index in [0.717, 1.165) is 43.1 Å². The normalized spacial score (nSPS) is 17.3. The van der Waals surface area contributed by atoms with E-state index in [1.54, 1.807) is 6.07 Å². The van der Waals surface area contributed by atoms with Crippen molar-refractivity contribution in [2.24, 2.45) is 5.10 Å². The molecule has 0 bridgehead atoms. The highest BCUT2D eigenvalue weighted by Gasteiger charge is 2.10. The molecule has 1 aliphatic rings. The average molecular weight is 234 g/mol. The van der Waals surface area contributed by atoms with E-state index in [1.165, 1.54) is 0 Å². The fourth-order valence-electron chi connectivity index (χ4n) is 1.86. The number of nitrogens with zero attached hydrogens (tertiary/aromatic N) is 2. The lowest BCUT2D eigenvalue weighted by atomic mass is 10.1. The van der Waals surface area contributed by atoms with Gasteiger partial charge in [-0.25, -0.2) is 0 Å². The van der Waals surface area contributed by atoms with Crippen molar-refractivity contribution in [3.8, 4) is 5.75 Å². The van der Waals surface area contributed by atoms with E-state index < -0.39 is 0 Å². The Morgan fingerprint density at radius 3 is 2.76 bits per heavy atom. The van der Waals surface area contributed by atoms with E-state index in [4.69, 9.17) is 4.74 Å². The molecule has 0 aliphatic carbocycles. The van der Waals surface area contributed by atoms with Crippen LogP contribution in [-0.4, -0.2) is 42.1 Å². The first-order valence-corrected chi connectivity index (χ1v) is 5.85. The summed E-state index contributed by atoms with van der Waals surface area (Å²) >= 11 is 0. The summed E-state index contributed by atoms with van der Waals surface area (Å²) in [5.74, 6) is 0.283. The zero-order chi connectivity index (χ0) is 12.3. The Hall–Kier alpha value is -1.55. The van der Waals surface area contributed by atoms with Crippen LogP contribution in [0.25, 0.3) is 0 Å². The molecule has 0 radical (unpaired) electrons. The smallest absolute Gasteiger partial charge is 0.124 e. The zero-order valence-electron chi connectivity index (χ0n) is 10.3. The van der Waals surface area contributed by atoms with Crippen molar-refractivity contribution in [2.75, 3.05) is 26.3 Å². The van der Waals surface area contributed by atoms with E-state index in [2.05, 4.69) is 5.10 Å². The van der Waals surface area contributed by atoms with Gasteiger partial charge in [-0.3, -0.25) is 5.01 Å². The number of morpholine rings is 1. The van der Waals surface area contributed by atoms with Crippen LogP contribution in [0.4, 0.5) is 0 Å². The summed E-state index contributed by atoms with van der Waals surface area (Å²) in [4.78, 5) is 0. The van der Waals surface area contributed by atoms with Gasteiger partial charge in [-0.1, -0.05) is 11.6 Å². The van der Waals surface area contributed by atoms with Gasteiger partial charge in [-0.2, -0.15) is 5.10 Å². The van der Waals surface area contributed by atoms with Gasteiger partial charge >= 0.3 is 0 Å². The molecular formula is C13H18N2O2. The number of hydrazone groups is 1. The Balaban J connectivity index is 2.19. The Kier molecular flexibility index (Phi) is 3.64. The topological polar surface area (TPSA) is 45.1 Å². The van der Waals surface area contributed by atoms with Crippen molar-refractivity contribution in [1.82, 2.24) is 5.01 Å². The van der Waals surface area contributed by atoms with Gasteiger partial charge in [-0.15, -0.1) is 0 Å². The molecule has 1 saturated heterocycles. The van der Waals surface area contributed by atoms with Crippen LogP contribution in [-0.2, 0) is 4.74 Å². The third-order valence-corrected chi connectivity index (χ3v) is 2.82. The molecule has 2 rings (SSSR count).